The number of nitrogens with zero attached hydrogens (tertiary/aromatic N) is 6. The van der Waals surface area contributed by atoms with Crippen LogP contribution in [0.3, 0.4) is 0 Å². The molecule has 23 heavy (non-hydrogen) atoms. The maximum absolute atomic E-state index is 11.7. The molecule has 0 unspecified atom stereocenters. The van der Waals surface area contributed by atoms with Crippen molar-refractivity contribution in [2.45, 2.75) is 13.5 Å². The van der Waals surface area contributed by atoms with Crippen LogP contribution in [0.4, 0.5) is 4.79 Å². The second-order valence-corrected chi connectivity index (χ2v) is 5.30. The third-order valence-corrected chi connectivity index (χ3v) is 3.80. The summed E-state index contributed by atoms with van der Waals surface area (Å²) in [5, 5.41) is 12.0. The number of hydrogen-bond acceptors (Lipinski definition) is 6. The Balaban J connectivity index is 1.60. The molecule has 1 aliphatic heterocycles. The highest BCUT2D eigenvalue weighted by Crippen LogP contribution is 2.11. The van der Waals surface area contributed by atoms with E-state index in [2.05, 4.69) is 20.4 Å². The number of rotatable bonds is 4. The monoisotopic (exact) mass is 316 g/mol. The average Bonchev–Trinajstić information content (AvgIpc) is 3.05. The van der Waals surface area contributed by atoms with E-state index in [1.807, 2.05) is 37.3 Å². The van der Waals surface area contributed by atoms with Crippen molar-refractivity contribution in [3.63, 3.8) is 0 Å². The minimum Gasteiger partial charge on any atom is -0.450 e. The Morgan fingerprint density at radius 3 is 2.61 bits per heavy atom. The van der Waals surface area contributed by atoms with Gasteiger partial charge in [-0.15, -0.1) is 5.10 Å². The highest BCUT2D eigenvalue weighted by Gasteiger charge is 2.23. The smallest absolute Gasteiger partial charge is 0.409 e. The molecule has 0 radical (unpaired) electrons. The molecule has 1 fully saturated rings. The predicted molar refractivity (Wildman–Crippen MR) is 83.0 cm³/mol. The number of ether oxygens (including phenoxy) is 1. The van der Waals surface area contributed by atoms with Crippen molar-refractivity contribution < 1.29 is 9.53 Å². The Morgan fingerprint density at radius 2 is 1.91 bits per heavy atom. The molecule has 0 aliphatic carbocycles. The predicted octanol–water partition coefficient (Wildman–Crippen LogP) is 0.936. The topological polar surface area (TPSA) is 76.4 Å². The van der Waals surface area contributed by atoms with Gasteiger partial charge in [0.2, 0.25) is 0 Å². The van der Waals surface area contributed by atoms with E-state index in [0.29, 0.717) is 26.2 Å². The zero-order chi connectivity index (χ0) is 16.1. The van der Waals surface area contributed by atoms with Gasteiger partial charge in [-0.1, -0.05) is 18.2 Å². The van der Waals surface area contributed by atoms with Crippen molar-refractivity contribution in [2.24, 2.45) is 0 Å². The maximum atomic E-state index is 11.7. The van der Waals surface area contributed by atoms with E-state index in [1.165, 1.54) is 0 Å². The summed E-state index contributed by atoms with van der Waals surface area (Å²) in [6.07, 6.45) is -0.235. The van der Waals surface area contributed by atoms with Crippen LogP contribution >= 0.6 is 0 Å². The van der Waals surface area contributed by atoms with Crippen molar-refractivity contribution in [1.82, 2.24) is 30.0 Å². The fraction of sp³-hybridized carbons (Fsp3) is 0.467. The zero-order valence-corrected chi connectivity index (χ0v) is 13.1. The first-order chi connectivity index (χ1) is 11.3. The van der Waals surface area contributed by atoms with Crippen molar-refractivity contribution >= 4 is 6.09 Å². The van der Waals surface area contributed by atoms with Crippen LogP contribution in [-0.4, -0.2) is 68.9 Å². The van der Waals surface area contributed by atoms with Gasteiger partial charge in [0.1, 0.15) is 0 Å². The SMILES string of the molecule is CCOC(=O)N1CCN(Cc2nnnn2-c2ccccc2)CC1. The van der Waals surface area contributed by atoms with E-state index in [9.17, 15) is 4.79 Å². The van der Waals surface area contributed by atoms with Crippen LogP contribution in [0.15, 0.2) is 30.3 Å². The molecule has 0 bridgehead atoms. The van der Waals surface area contributed by atoms with E-state index in [1.54, 1.807) is 9.58 Å². The molecular formula is C15H20N6O2. The Hall–Kier alpha value is -2.48. The number of benzene rings is 1. The van der Waals surface area contributed by atoms with E-state index >= 15 is 0 Å². The number of aromatic nitrogens is 4. The summed E-state index contributed by atoms with van der Waals surface area (Å²) in [4.78, 5) is 15.7. The van der Waals surface area contributed by atoms with Crippen LogP contribution in [-0.2, 0) is 11.3 Å². The molecule has 1 aromatic heterocycles. The molecule has 1 aliphatic rings. The summed E-state index contributed by atoms with van der Waals surface area (Å²) in [6, 6.07) is 9.82. The highest BCUT2D eigenvalue weighted by atomic mass is 16.6. The molecule has 8 heteroatoms. The molecule has 0 atom stereocenters. The number of amides is 1. The van der Waals surface area contributed by atoms with Crippen molar-refractivity contribution in [1.29, 1.82) is 0 Å². The summed E-state index contributed by atoms with van der Waals surface area (Å²) in [7, 11) is 0. The van der Waals surface area contributed by atoms with Gasteiger partial charge in [-0.2, -0.15) is 4.68 Å². The molecule has 2 aromatic rings. The number of piperazine rings is 1. The Kier molecular flexibility index (Phi) is 4.82. The average molecular weight is 316 g/mol. The second-order valence-electron chi connectivity index (χ2n) is 5.30. The lowest BCUT2D eigenvalue weighted by molar-refractivity contribution is 0.0770. The molecule has 1 amide bonds. The minimum absolute atomic E-state index is 0.235. The highest BCUT2D eigenvalue weighted by molar-refractivity contribution is 5.67. The fourth-order valence-electron chi connectivity index (χ4n) is 2.58. The van der Waals surface area contributed by atoms with Gasteiger partial charge in [0.15, 0.2) is 5.82 Å². The van der Waals surface area contributed by atoms with Crippen molar-refractivity contribution in [3.05, 3.63) is 36.2 Å². The molecule has 0 spiro atoms. The quantitative estimate of drug-likeness (QED) is 0.835. The minimum atomic E-state index is -0.235. The molecule has 8 nitrogen and oxygen atoms in total. The molecule has 0 saturated carbocycles. The molecule has 1 aromatic carbocycles. The van der Waals surface area contributed by atoms with Crippen molar-refractivity contribution in [3.8, 4) is 5.69 Å². The van der Waals surface area contributed by atoms with Gasteiger partial charge in [0.25, 0.3) is 0 Å². The van der Waals surface area contributed by atoms with E-state index in [4.69, 9.17) is 4.74 Å². The molecule has 1 saturated heterocycles. The lowest BCUT2D eigenvalue weighted by Gasteiger charge is -2.33. The van der Waals surface area contributed by atoms with Gasteiger partial charge < -0.3 is 9.64 Å². The second kappa shape index (κ2) is 7.19. The first kappa shape index (κ1) is 15.4. The number of carbonyl (C=O) groups excluding carboxylic acids is 1. The number of hydrogen-bond donors (Lipinski definition) is 0. The standard InChI is InChI=1S/C15H20N6O2/c1-2-23-15(22)20-10-8-19(9-11-20)12-14-16-17-18-21(14)13-6-4-3-5-7-13/h3-7H,2,8-12H2,1H3. The van der Waals surface area contributed by atoms with Crippen LogP contribution in [0.5, 0.6) is 0 Å². The summed E-state index contributed by atoms with van der Waals surface area (Å²) in [5.74, 6) is 0.792. The first-order valence-corrected chi connectivity index (χ1v) is 7.74. The van der Waals surface area contributed by atoms with E-state index in [-0.39, 0.29) is 6.09 Å². The summed E-state index contributed by atoms with van der Waals surface area (Å²) in [6.45, 7) is 5.75. The number of carbonyl (C=O) groups is 1. The van der Waals surface area contributed by atoms with Crippen LogP contribution in [0, 0.1) is 0 Å². The lowest BCUT2D eigenvalue weighted by atomic mass is 10.3. The van der Waals surface area contributed by atoms with Gasteiger partial charge in [-0.25, -0.2) is 4.79 Å². The number of tetrazole rings is 1. The Bertz CT molecular complexity index is 636. The Morgan fingerprint density at radius 1 is 1.17 bits per heavy atom. The van der Waals surface area contributed by atoms with E-state index in [0.717, 1.165) is 24.6 Å². The third kappa shape index (κ3) is 3.65. The molecule has 2 heterocycles. The fourth-order valence-corrected chi connectivity index (χ4v) is 2.58. The Labute approximate surface area is 134 Å². The zero-order valence-electron chi connectivity index (χ0n) is 13.1. The van der Waals surface area contributed by atoms with Crippen LogP contribution in [0.25, 0.3) is 5.69 Å². The normalized spacial score (nSPS) is 15.6. The van der Waals surface area contributed by atoms with Crippen LogP contribution < -0.4 is 0 Å². The van der Waals surface area contributed by atoms with E-state index < -0.39 is 0 Å². The van der Waals surface area contributed by atoms with Gasteiger partial charge in [0.05, 0.1) is 18.8 Å². The number of para-hydroxylation sites is 1. The van der Waals surface area contributed by atoms with Crippen molar-refractivity contribution in [2.75, 3.05) is 32.8 Å². The van der Waals surface area contributed by atoms with Gasteiger partial charge in [-0.3, -0.25) is 4.90 Å². The van der Waals surface area contributed by atoms with Crippen LogP contribution in [0.2, 0.25) is 0 Å². The first-order valence-electron chi connectivity index (χ1n) is 7.74. The summed E-state index contributed by atoms with van der Waals surface area (Å²) < 4.78 is 6.78. The summed E-state index contributed by atoms with van der Waals surface area (Å²) >= 11 is 0. The largest absolute Gasteiger partial charge is 0.450 e. The van der Waals surface area contributed by atoms with Gasteiger partial charge >= 0.3 is 6.09 Å². The maximum Gasteiger partial charge on any atom is 0.409 e. The molecule has 0 N–H and O–H groups in total. The third-order valence-electron chi connectivity index (χ3n) is 3.80. The van der Waals surface area contributed by atoms with Gasteiger partial charge in [0, 0.05) is 26.2 Å². The molecule has 3 rings (SSSR count). The molecular weight excluding hydrogens is 296 g/mol. The van der Waals surface area contributed by atoms with Gasteiger partial charge in [-0.05, 0) is 29.5 Å². The lowest BCUT2D eigenvalue weighted by Crippen LogP contribution is -2.48. The molecule has 122 valence electrons. The summed E-state index contributed by atoms with van der Waals surface area (Å²) in [5.41, 5.74) is 0.942. The van der Waals surface area contributed by atoms with Crippen LogP contribution in [0.1, 0.15) is 12.7 Å².